The molecule has 0 spiro atoms. The zero-order chi connectivity index (χ0) is 13.9. The molecule has 19 heavy (non-hydrogen) atoms. The average molecular weight is 280 g/mol. The quantitative estimate of drug-likeness (QED) is 0.853. The number of hydrogen-bond acceptors (Lipinski definition) is 4. The average Bonchev–Trinajstić information content (AvgIpc) is 2.80. The second-order valence-electron chi connectivity index (χ2n) is 4.40. The third-order valence-corrected chi connectivity index (χ3v) is 4.06. The number of sulfonamides is 1. The van der Waals surface area contributed by atoms with Gasteiger partial charge in [-0.3, -0.25) is 5.10 Å². The molecule has 1 aromatic carbocycles. The predicted octanol–water partition coefficient (Wildman–Crippen LogP) is 0.943. The highest BCUT2D eigenvalue weighted by Crippen LogP contribution is 2.14. The molecular weight excluding hydrogens is 264 g/mol. The van der Waals surface area contributed by atoms with Gasteiger partial charge in [0, 0.05) is 13.0 Å². The first-order valence-corrected chi connectivity index (χ1v) is 7.38. The van der Waals surface area contributed by atoms with Crippen LogP contribution in [0.15, 0.2) is 29.4 Å². The van der Waals surface area contributed by atoms with Gasteiger partial charge in [0.2, 0.25) is 10.0 Å². The number of aromatic nitrogens is 3. The summed E-state index contributed by atoms with van der Waals surface area (Å²) in [6.45, 7) is 4.03. The van der Waals surface area contributed by atoms with Crippen molar-refractivity contribution >= 4 is 10.0 Å². The lowest BCUT2D eigenvalue weighted by molar-refractivity contribution is 0.580. The van der Waals surface area contributed by atoms with E-state index in [1.54, 1.807) is 12.1 Å². The number of rotatable bonds is 5. The van der Waals surface area contributed by atoms with Crippen LogP contribution in [0.2, 0.25) is 0 Å². The van der Waals surface area contributed by atoms with Crippen LogP contribution in [0.4, 0.5) is 0 Å². The molecule has 0 saturated heterocycles. The van der Waals surface area contributed by atoms with Gasteiger partial charge < -0.3 is 0 Å². The van der Waals surface area contributed by atoms with E-state index in [2.05, 4.69) is 19.9 Å². The fourth-order valence-corrected chi connectivity index (χ4v) is 3.05. The highest BCUT2D eigenvalue weighted by molar-refractivity contribution is 7.89. The lowest BCUT2D eigenvalue weighted by Crippen LogP contribution is -2.26. The van der Waals surface area contributed by atoms with E-state index in [1.165, 1.54) is 6.33 Å². The molecule has 1 heterocycles. The van der Waals surface area contributed by atoms with Crippen molar-refractivity contribution < 1.29 is 8.42 Å². The molecule has 0 aliphatic heterocycles. The molecule has 0 radical (unpaired) electrons. The van der Waals surface area contributed by atoms with E-state index in [-0.39, 0.29) is 6.54 Å². The smallest absolute Gasteiger partial charge is 0.240 e. The van der Waals surface area contributed by atoms with E-state index >= 15 is 0 Å². The molecule has 102 valence electrons. The molecule has 6 nitrogen and oxygen atoms in total. The van der Waals surface area contributed by atoms with Crippen molar-refractivity contribution in [1.82, 2.24) is 19.9 Å². The van der Waals surface area contributed by atoms with Crippen LogP contribution in [-0.2, 0) is 16.4 Å². The van der Waals surface area contributed by atoms with Gasteiger partial charge in [0.25, 0.3) is 0 Å². The Bertz CT molecular complexity index is 630. The Labute approximate surface area is 112 Å². The van der Waals surface area contributed by atoms with Gasteiger partial charge in [-0.25, -0.2) is 18.1 Å². The van der Waals surface area contributed by atoms with Crippen molar-refractivity contribution in [2.45, 2.75) is 25.2 Å². The van der Waals surface area contributed by atoms with E-state index in [4.69, 9.17) is 0 Å². The van der Waals surface area contributed by atoms with Gasteiger partial charge in [0.1, 0.15) is 12.2 Å². The summed E-state index contributed by atoms with van der Waals surface area (Å²) in [6.07, 6.45) is 1.87. The van der Waals surface area contributed by atoms with Crippen molar-refractivity contribution in [3.05, 3.63) is 41.5 Å². The van der Waals surface area contributed by atoms with Crippen molar-refractivity contribution in [3.63, 3.8) is 0 Å². The molecule has 1 aromatic heterocycles. The summed E-state index contributed by atoms with van der Waals surface area (Å²) in [6, 6.07) is 5.25. The van der Waals surface area contributed by atoms with Gasteiger partial charge in [-0.1, -0.05) is 6.07 Å². The molecule has 0 saturated carbocycles. The maximum absolute atomic E-state index is 12.1. The largest absolute Gasteiger partial charge is 0.263 e. The Balaban J connectivity index is 2.05. The Hall–Kier alpha value is -1.73. The Morgan fingerprint density at radius 2 is 1.89 bits per heavy atom. The van der Waals surface area contributed by atoms with Crippen LogP contribution in [0.5, 0.6) is 0 Å². The van der Waals surface area contributed by atoms with E-state index in [9.17, 15) is 8.42 Å². The normalized spacial score (nSPS) is 11.7. The standard InChI is InChI=1S/C12H16N4O2S/c1-9-5-10(2)7-11(6-9)19(17,18)15-4-3-12-13-8-14-16-12/h5-8,15H,3-4H2,1-2H3,(H,13,14,16). The van der Waals surface area contributed by atoms with Gasteiger partial charge in [-0.2, -0.15) is 5.10 Å². The minimum absolute atomic E-state index is 0.282. The van der Waals surface area contributed by atoms with Gasteiger partial charge in [-0.15, -0.1) is 0 Å². The molecule has 0 atom stereocenters. The highest BCUT2D eigenvalue weighted by Gasteiger charge is 2.14. The number of nitrogens with zero attached hydrogens (tertiary/aromatic N) is 2. The SMILES string of the molecule is Cc1cc(C)cc(S(=O)(=O)NCCc2ncn[nH]2)c1. The molecule has 7 heteroatoms. The number of aryl methyl sites for hydroxylation is 2. The zero-order valence-corrected chi connectivity index (χ0v) is 11.7. The van der Waals surface area contributed by atoms with E-state index in [0.29, 0.717) is 17.1 Å². The first kappa shape index (κ1) is 13.7. The summed E-state index contributed by atoms with van der Waals surface area (Å²) >= 11 is 0. The maximum atomic E-state index is 12.1. The molecule has 0 fully saturated rings. The monoisotopic (exact) mass is 280 g/mol. The lowest BCUT2D eigenvalue weighted by atomic mass is 10.2. The van der Waals surface area contributed by atoms with Crippen LogP contribution in [0.3, 0.4) is 0 Å². The molecule has 0 aliphatic rings. The number of nitrogens with one attached hydrogen (secondary N) is 2. The molecule has 0 bridgehead atoms. The molecular formula is C12H16N4O2S. The number of hydrogen-bond donors (Lipinski definition) is 2. The summed E-state index contributed by atoms with van der Waals surface area (Å²) in [5.74, 6) is 0.656. The second-order valence-corrected chi connectivity index (χ2v) is 6.17. The van der Waals surface area contributed by atoms with Gasteiger partial charge in [0.05, 0.1) is 4.90 Å². The Morgan fingerprint density at radius 3 is 2.47 bits per heavy atom. The van der Waals surface area contributed by atoms with Crippen molar-refractivity contribution in [2.75, 3.05) is 6.54 Å². The van der Waals surface area contributed by atoms with Crippen molar-refractivity contribution in [1.29, 1.82) is 0 Å². The summed E-state index contributed by atoms with van der Waals surface area (Å²) in [5, 5.41) is 6.39. The van der Waals surface area contributed by atoms with E-state index in [0.717, 1.165) is 11.1 Å². The third kappa shape index (κ3) is 3.62. The molecule has 0 aliphatic carbocycles. The Morgan fingerprint density at radius 1 is 1.21 bits per heavy atom. The minimum atomic E-state index is -3.47. The first-order valence-electron chi connectivity index (χ1n) is 5.89. The molecule has 0 amide bonds. The lowest BCUT2D eigenvalue weighted by Gasteiger charge is -2.08. The van der Waals surface area contributed by atoms with E-state index < -0.39 is 10.0 Å². The van der Waals surface area contributed by atoms with Crippen molar-refractivity contribution in [3.8, 4) is 0 Å². The Kier molecular flexibility index (Phi) is 3.96. The topological polar surface area (TPSA) is 87.7 Å². The predicted molar refractivity (Wildman–Crippen MR) is 71.2 cm³/mol. The van der Waals surface area contributed by atoms with Gasteiger partial charge in [0.15, 0.2) is 0 Å². The summed E-state index contributed by atoms with van der Waals surface area (Å²) in [5.41, 5.74) is 1.85. The zero-order valence-electron chi connectivity index (χ0n) is 10.8. The number of H-pyrrole nitrogens is 1. The molecule has 0 unspecified atom stereocenters. The summed E-state index contributed by atoms with van der Waals surface area (Å²) < 4.78 is 26.8. The molecule has 2 N–H and O–H groups in total. The van der Waals surface area contributed by atoms with Crippen LogP contribution >= 0.6 is 0 Å². The van der Waals surface area contributed by atoms with E-state index in [1.807, 2.05) is 19.9 Å². The molecule has 2 aromatic rings. The summed E-state index contributed by atoms with van der Waals surface area (Å²) in [4.78, 5) is 4.23. The number of benzene rings is 1. The number of aromatic amines is 1. The second kappa shape index (κ2) is 5.50. The highest BCUT2D eigenvalue weighted by atomic mass is 32.2. The third-order valence-electron chi connectivity index (χ3n) is 2.62. The maximum Gasteiger partial charge on any atom is 0.240 e. The van der Waals surface area contributed by atoms with Crippen LogP contribution in [0.1, 0.15) is 17.0 Å². The van der Waals surface area contributed by atoms with Gasteiger partial charge >= 0.3 is 0 Å². The van der Waals surface area contributed by atoms with Crippen LogP contribution in [0.25, 0.3) is 0 Å². The van der Waals surface area contributed by atoms with Crippen LogP contribution in [0, 0.1) is 13.8 Å². The van der Waals surface area contributed by atoms with Crippen LogP contribution in [-0.4, -0.2) is 30.1 Å². The fourth-order valence-electron chi connectivity index (χ4n) is 1.83. The van der Waals surface area contributed by atoms with Crippen molar-refractivity contribution in [2.24, 2.45) is 0 Å². The minimum Gasteiger partial charge on any atom is -0.263 e. The van der Waals surface area contributed by atoms with Gasteiger partial charge in [-0.05, 0) is 37.1 Å². The summed E-state index contributed by atoms with van der Waals surface area (Å²) in [7, 11) is -3.47. The molecule has 2 rings (SSSR count). The van der Waals surface area contributed by atoms with Crippen LogP contribution < -0.4 is 4.72 Å². The first-order chi connectivity index (χ1) is 8.97. The fraction of sp³-hybridized carbons (Fsp3) is 0.333.